The van der Waals surface area contributed by atoms with E-state index in [4.69, 9.17) is 8.92 Å². The van der Waals surface area contributed by atoms with Gasteiger partial charge in [-0.15, -0.1) is 0 Å². The van der Waals surface area contributed by atoms with E-state index in [-0.39, 0.29) is 17.5 Å². The van der Waals surface area contributed by atoms with Crippen LogP contribution in [0.3, 0.4) is 0 Å². The van der Waals surface area contributed by atoms with Crippen LogP contribution in [0, 0.1) is 6.92 Å². The molecule has 0 bridgehead atoms. The number of hydrogen-bond donors (Lipinski definition) is 2. The van der Waals surface area contributed by atoms with Gasteiger partial charge in [0.2, 0.25) is 0 Å². The lowest BCUT2D eigenvalue weighted by Crippen LogP contribution is -2.37. The zero-order chi connectivity index (χ0) is 14.3. The SMILES string of the molecule is Cc1ccc(S(=O)(=O)O[C@@H]2CNC3C(O)CO[C@@H]32)cc1. The molecule has 0 radical (unpaired) electrons. The Morgan fingerprint density at radius 1 is 1.35 bits per heavy atom. The van der Waals surface area contributed by atoms with Crippen LogP contribution in [0.2, 0.25) is 0 Å². The molecule has 2 N–H and O–H groups in total. The molecule has 110 valence electrons. The van der Waals surface area contributed by atoms with Gasteiger partial charge in [-0.3, -0.25) is 4.18 Å². The number of hydrogen-bond acceptors (Lipinski definition) is 6. The molecule has 0 amide bonds. The van der Waals surface area contributed by atoms with Gasteiger partial charge in [0.15, 0.2) is 0 Å². The molecule has 0 aliphatic carbocycles. The Balaban J connectivity index is 1.76. The molecule has 6 nitrogen and oxygen atoms in total. The maximum atomic E-state index is 12.2. The Hall–Kier alpha value is -0.990. The number of aliphatic hydroxyl groups excluding tert-OH is 1. The first kappa shape index (κ1) is 14.0. The number of aryl methyl sites for hydroxylation is 1. The highest BCUT2D eigenvalue weighted by Crippen LogP contribution is 2.27. The van der Waals surface area contributed by atoms with Crippen molar-refractivity contribution in [2.45, 2.75) is 36.2 Å². The van der Waals surface area contributed by atoms with E-state index < -0.39 is 28.4 Å². The summed E-state index contributed by atoms with van der Waals surface area (Å²) in [5.41, 5.74) is 0.980. The van der Waals surface area contributed by atoms with Crippen LogP contribution in [0.4, 0.5) is 0 Å². The summed E-state index contributed by atoms with van der Waals surface area (Å²) < 4.78 is 35.1. The first-order valence-corrected chi connectivity index (χ1v) is 7.91. The molecule has 20 heavy (non-hydrogen) atoms. The Morgan fingerprint density at radius 3 is 2.75 bits per heavy atom. The summed E-state index contributed by atoms with van der Waals surface area (Å²) in [5, 5.41) is 12.7. The zero-order valence-electron chi connectivity index (χ0n) is 11.0. The maximum absolute atomic E-state index is 12.2. The van der Waals surface area contributed by atoms with E-state index in [2.05, 4.69) is 5.32 Å². The minimum atomic E-state index is -3.82. The first-order chi connectivity index (χ1) is 9.47. The van der Waals surface area contributed by atoms with Gasteiger partial charge in [-0.1, -0.05) is 17.7 Å². The molecular weight excluding hydrogens is 282 g/mol. The topological polar surface area (TPSA) is 84.9 Å². The molecule has 0 saturated carbocycles. The first-order valence-electron chi connectivity index (χ1n) is 6.50. The highest BCUT2D eigenvalue weighted by Gasteiger charge is 2.47. The second-order valence-corrected chi connectivity index (χ2v) is 6.77. The van der Waals surface area contributed by atoms with E-state index in [9.17, 15) is 13.5 Å². The summed E-state index contributed by atoms with van der Waals surface area (Å²) in [4.78, 5) is 0.130. The van der Waals surface area contributed by atoms with Crippen molar-refractivity contribution < 1.29 is 22.4 Å². The predicted octanol–water partition coefficient (Wildman–Crippen LogP) is -0.200. The van der Waals surface area contributed by atoms with E-state index in [0.717, 1.165) is 5.56 Å². The van der Waals surface area contributed by atoms with Crippen molar-refractivity contribution in [3.63, 3.8) is 0 Å². The van der Waals surface area contributed by atoms with Gasteiger partial charge in [-0.05, 0) is 19.1 Å². The van der Waals surface area contributed by atoms with Crippen molar-refractivity contribution in [3.8, 4) is 0 Å². The van der Waals surface area contributed by atoms with E-state index in [1.165, 1.54) is 12.1 Å². The molecule has 2 unspecified atom stereocenters. The van der Waals surface area contributed by atoms with Gasteiger partial charge in [0.05, 0.1) is 23.6 Å². The van der Waals surface area contributed by atoms with Crippen LogP contribution in [-0.2, 0) is 19.0 Å². The lowest BCUT2D eigenvalue weighted by molar-refractivity contribution is 0.0278. The molecule has 1 aromatic rings. The highest BCUT2D eigenvalue weighted by molar-refractivity contribution is 7.86. The molecule has 1 aromatic carbocycles. The molecule has 2 aliphatic rings. The fourth-order valence-electron chi connectivity index (χ4n) is 2.61. The third-order valence-electron chi connectivity index (χ3n) is 3.71. The number of fused-ring (bicyclic) bond motifs is 1. The summed E-state index contributed by atoms with van der Waals surface area (Å²) in [6.45, 7) is 2.43. The minimum absolute atomic E-state index is 0.130. The van der Waals surface area contributed by atoms with Crippen molar-refractivity contribution >= 4 is 10.1 Å². The van der Waals surface area contributed by atoms with Crippen LogP contribution in [0.25, 0.3) is 0 Å². The second-order valence-electron chi connectivity index (χ2n) is 5.20. The van der Waals surface area contributed by atoms with Gasteiger partial charge < -0.3 is 15.2 Å². The molecule has 0 spiro atoms. The van der Waals surface area contributed by atoms with Crippen LogP contribution in [0.5, 0.6) is 0 Å². The van der Waals surface area contributed by atoms with Gasteiger partial charge in [0, 0.05) is 6.54 Å². The quantitative estimate of drug-likeness (QED) is 0.752. The van der Waals surface area contributed by atoms with Gasteiger partial charge in [-0.25, -0.2) is 0 Å². The molecule has 0 aromatic heterocycles. The Bertz CT molecular complexity index is 585. The van der Waals surface area contributed by atoms with Crippen LogP contribution in [-0.4, -0.2) is 51.0 Å². The Morgan fingerprint density at radius 2 is 2.05 bits per heavy atom. The average Bonchev–Trinajstić information content (AvgIpc) is 2.95. The molecule has 2 aliphatic heterocycles. The molecular formula is C13H17NO5S. The lowest BCUT2D eigenvalue weighted by Gasteiger charge is -2.17. The van der Waals surface area contributed by atoms with Crippen molar-refractivity contribution in [2.24, 2.45) is 0 Å². The van der Waals surface area contributed by atoms with Crippen molar-refractivity contribution in [1.82, 2.24) is 5.32 Å². The molecule has 2 heterocycles. The fraction of sp³-hybridized carbons (Fsp3) is 0.538. The monoisotopic (exact) mass is 299 g/mol. The number of rotatable bonds is 3. The molecule has 4 atom stereocenters. The Labute approximate surface area is 117 Å². The summed E-state index contributed by atoms with van der Waals surface area (Å²) in [7, 11) is -3.82. The summed E-state index contributed by atoms with van der Waals surface area (Å²) >= 11 is 0. The molecule has 7 heteroatoms. The van der Waals surface area contributed by atoms with Crippen molar-refractivity contribution in [1.29, 1.82) is 0 Å². The number of nitrogens with one attached hydrogen (secondary N) is 1. The minimum Gasteiger partial charge on any atom is -0.389 e. The smallest absolute Gasteiger partial charge is 0.297 e. The molecule has 2 fully saturated rings. The molecule has 2 saturated heterocycles. The average molecular weight is 299 g/mol. The van der Waals surface area contributed by atoms with E-state index in [1.807, 2.05) is 6.92 Å². The summed E-state index contributed by atoms with van der Waals surface area (Å²) in [6.07, 6.45) is -1.65. The fourth-order valence-corrected chi connectivity index (χ4v) is 3.69. The summed E-state index contributed by atoms with van der Waals surface area (Å²) in [5.74, 6) is 0. The largest absolute Gasteiger partial charge is 0.389 e. The van der Waals surface area contributed by atoms with E-state index >= 15 is 0 Å². The number of benzene rings is 1. The van der Waals surface area contributed by atoms with Crippen LogP contribution in [0.15, 0.2) is 29.2 Å². The standard InChI is InChI=1S/C13H17NO5S/c1-8-2-4-9(5-3-8)20(16,17)19-11-6-14-12-10(15)7-18-13(11)12/h2-5,10-15H,6-7H2,1H3/t10?,11-,12?,13-/m1/s1. The van der Waals surface area contributed by atoms with Gasteiger partial charge >= 0.3 is 0 Å². The normalized spacial score (nSPS) is 33.3. The lowest BCUT2D eigenvalue weighted by atomic mass is 10.1. The second kappa shape index (κ2) is 5.09. The Kier molecular flexibility index (Phi) is 3.55. The highest BCUT2D eigenvalue weighted by atomic mass is 32.2. The van der Waals surface area contributed by atoms with Gasteiger partial charge in [0.25, 0.3) is 10.1 Å². The van der Waals surface area contributed by atoms with Crippen LogP contribution >= 0.6 is 0 Å². The maximum Gasteiger partial charge on any atom is 0.297 e. The summed E-state index contributed by atoms with van der Waals surface area (Å²) in [6, 6.07) is 6.24. The van der Waals surface area contributed by atoms with Gasteiger partial charge in [-0.2, -0.15) is 8.42 Å². The van der Waals surface area contributed by atoms with E-state index in [1.54, 1.807) is 12.1 Å². The van der Waals surface area contributed by atoms with Gasteiger partial charge in [0.1, 0.15) is 12.2 Å². The van der Waals surface area contributed by atoms with Crippen molar-refractivity contribution in [2.75, 3.05) is 13.2 Å². The third-order valence-corrected chi connectivity index (χ3v) is 5.06. The number of aliphatic hydroxyl groups is 1. The predicted molar refractivity (Wildman–Crippen MR) is 70.8 cm³/mol. The molecule has 3 rings (SSSR count). The number of ether oxygens (including phenoxy) is 1. The third kappa shape index (κ3) is 2.47. The van der Waals surface area contributed by atoms with Crippen LogP contribution < -0.4 is 5.32 Å². The van der Waals surface area contributed by atoms with Crippen molar-refractivity contribution in [3.05, 3.63) is 29.8 Å². The zero-order valence-corrected chi connectivity index (χ0v) is 11.8. The van der Waals surface area contributed by atoms with Crippen LogP contribution in [0.1, 0.15) is 5.56 Å². The van der Waals surface area contributed by atoms with E-state index in [0.29, 0.717) is 6.54 Å².